The van der Waals surface area contributed by atoms with E-state index in [9.17, 15) is 5.11 Å². The van der Waals surface area contributed by atoms with Gasteiger partial charge in [0.05, 0.1) is 13.2 Å². The third-order valence-corrected chi connectivity index (χ3v) is 4.53. The quantitative estimate of drug-likeness (QED) is 0.477. The maximum Gasteiger partial charge on any atom is 0.191 e. The van der Waals surface area contributed by atoms with E-state index in [1.165, 1.54) is 0 Å². The fraction of sp³-hybridized carbons (Fsp3) is 0.409. The molecule has 0 aromatic heterocycles. The smallest absolute Gasteiger partial charge is 0.191 e. The first-order valence-corrected chi connectivity index (χ1v) is 9.53. The van der Waals surface area contributed by atoms with Gasteiger partial charge in [-0.2, -0.15) is 0 Å². The molecule has 0 aliphatic carbocycles. The minimum atomic E-state index is 0.161. The van der Waals surface area contributed by atoms with Crippen molar-refractivity contribution in [1.29, 1.82) is 0 Å². The Morgan fingerprint density at radius 2 is 1.82 bits per heavy atom. The van der Waals surface area contributed by atoms with Crippen molar-refractivity contribution >= 4 is 5.96 Å². The molecule has 0 bridgehead atoms. The van der Waals surface area contributed by atoms with Gasteiger partial charge in [-0.3, -0.25) is 4.99 Å². The topological polar surface area (TPSA) is 75.1 Å². The summed E-state index contributed by atoms with van der Waals surface area (Å²) in [7, 11) is 3.32. The number of nitrogens with zero attached hydrogens (tertiary/aromatic N) is 1. The van der Waals surface area contributed by atoms with Crippen molar-refractivity contribution in [3.05, 3.63) is 53.1 Å². The SMILES string of the molecule is CCC(C)Oc1cc(C)ccc1CNC(=NC)NCc1cc(OC)ccc1O. The number of hydrogen-bond donors (Lipinski definition) is 3. The number of aromatic hydroxyl groups is 1. The van der Waals surface area contributed by atoms with Gasteiger partial charge in [0.15, 0.2) is 5.96 Å². The van der Waals surface area contributed by atoms with E-state index < -0.39 is 0 Å². The average molecular weight is 386 g/mol. The van der Waals surface area contributed by atoms with Crippen molar-refractivity contribution in [2.45, 2.75) is 46.4 Å². The predicted octanol–water partition coefficient (Wildman–Crippen LogP) is 3.75. The lowest BCUT2D eigenvalue weighted by molar-refractivity contribution is 0.215. The van der Waals surface area contributed by atoms with Gasteiger partial charge < -0.3 is 25.2 Å². The van der Waals surface area contributed by atoms with E-state index in [0.717, 1.165) is 28.9 Å². The summed E-state index contributed by atoms with van der Waals surface area (Å²) in [6.45, 7) is 7.24. The van der Waals surface area contributed by atoms with Crippen molar-refractivity contribution < 1.29 is 14.6 Å². The zero-order valence-corrected chi connectivity index (χ0v) is 17.4. The number of guanidine groups is 1. The number of hydrogen-bond acceptors (Lipinski definition) is 4. The summed E-state index contributed by atoms with van der Waals surface area (Å²) < 4.78 is 11.3. The molecule has 1 atom stereocenters. The van der Waals surface area contributed by atoms with Crippen LogP contribution in [-0.2, 0) is 13.1 Å². The standard InChI is InChI=1S/C22H31N3O3/c1-6-16(3)28-21-11-15(2)7-8-17(21)13-24-22(23-4)25-14-18-12-19(27-5)9-10-20(18)26/h7-12,16,26H,6,13-14H2,1-5H3,(H2,23,24,25). The molecular weight excluding hydrogens is 354 g/mol. The summed E-state index contributed by atoms with van der Waals surface area (Å²) in [4.78, 5) is 4.26. The van der Waals surface area contributed by atoms with Crippen LogP contribution in [0.1, 0.15) is 37.0 Å². The first-order valence-electron chi connectivity index (χ1n) is 9.53. The van der Waals surface area contributed by atoms with Crippen LogP contribution in [-0.4, -0.2) is 31.3 Å². The van der Waals surface area contributed by atoms with Gasteiger partial charge >= 0.3 is 0 Å². The monoisotopic (exact) mass is 385 g/mol. The number of rotatable bonds is 8. The Labute approximate surface area is 167 Å². The van der Waals surface area contributed by atoms with Crippen LogP contribution in [0.15, 0.2) is 41.4 Å². The molecule has 0 spiro atoms. The van der Waals surface area contributed by atoms with Crippen molar-refractivity contribution in [3.63, 3.8) is 0 Å². The highest BCUT2D eigenvalue weighted by Crippen LogP contribution is 2.23. The van der Waals surface area contributed by atoms with Crippen molar-refractivity contribution in [3.8, 4) is 17.2 Å². The second kappa shape index (κ2) is 10.4. The fourth-order valence-electron chi connectivity index (χ4n) is 2.63. The highest BCUT2D eigenvalue weighted by atomic mass is 16.5. The summed E-state index contributed by atoms with van der Waals surface area (Å²) in [5, 5.41) is 16.5. The van der Waals surface area contributed by atoms with E-state index in [-0.39, 0.29) is 11.9 Å². The summed E-state index contributed by atoms with van der Waals surface area (Å²) in [5.74, 6) is 2.44. The lowest BCUT2D eigenvalue weighted by Gasteiger charge is -2.18. The molecule has 6 heteroatoms. The van der Waals surface area contributed by atoms with Gasteiger partial charge in [-0.05, 0) is 50.1 Å². The Bertz CT molecular complexity index is 806. The Morgan fingerprint density at radius 3 is 2.46 bits per heavy atom. The molecule has 28 heavy (non-hydrogen) atoms. The van der Waals surface area contributed by atoms with E-state index in [1.807, 2.05) is 0 Å². The van der Waals surface area contributed by atoms with Crippen LogP contribution < -0.4 is 20.1 Å². The minimum absolute atomic E-state index is 0.161. The summed E-state index contributed by atoms with van der Waals surface area (Å²) in [6, 6.07) is 11.4. The average Bonchev–Trinajstić information content (AvgIpc) is 2.70. The molecule has 0 saturated carbocycles. The maximum absolute atomic E-state index is 10.0. The van der Waals surface area contributed by atoms with Gasteiger partial charge in [0.2, 0.25) is 0 Å². The molecule has 0 amide bonds. The van der Waals surface area contributed by atoms with Gasteiger partial charge in [-0.1, -0.05) is 19.1 Å². The zero-order chi connectivity index (χ0) is 20.5. The molecule has 2 aromatic rings. The van der Waals surface area contributed by atoms with E-state index in [0.29, 0.717) is 24.8 Å². The van der Waals surface area contributed by atoms with Gasteiger partial charge in [0.25, 0.3) is 0 Å². The normalized spacial score (nSPS) is 12.4. The Balaban J connectivity index is 2.01. The number of phenols is 1. The maximum atomic E-state index is 10.0. The van der Waals surface area contributed by atoms with E-state index in [2.05, 4.69) is 54.6 Å². The number of nitrogens with one attached hydrogen (secondary N) is 2. The van der Waals surface area contributed by atoms with Crippen LogP contribution in [0.5, 0.6) is 17.2 Å². The molecule has 0 saturated heterocycles. The number of ether oxygens (including phenoxy) is 2. The van der Waals surface area contributed by atoms with Crippen LogP contribution in [0.25, 0.3) is 0 Å². The van der Waals surface area contributed by atoms with Gasteiger partial charge in [-0.25, -0.2) is 0 Å². The highest BCUT2D eigenvalue weighted by molar-refractivity contribution is 5.79. The number of phenolic OH excluding ortho intramolecular Hbond substituents is 1. The van der Waals surface area contributed by atoms with Gasteiger partial charge in [-0.15, -0.1) is 0 Å². The predicted molar refractivity (Wildman–Crippen MR) is 113 cm³/mol. The first-order chi connectivity index (χ1) is 13.5. The molecule has 6 nitrogen and oxygen atoms in total. The number of aryl methyl sites for hydroxylation is 1. The molecule has 0 heterocycles. The summed E-state index contributed by atoms with van der Waals surface area (Å²) in [6.07, 6.45) is 1.11. The zero-order valence-electron chi connectivity index (χ0n) is 17.4. The van der Waals surface area contributed by atoms with E-state index >= 15 is 0 Å². The molecule has 0 aliphatic rings. The molecule has 0 radical (unpaired) electrons. The minimum Gasteiger partial charge on any atom is -0.508 e. The molecular formula is C22H31N3O3. The first kappa shape index (κ1) is 21.4. The van der Waals surface area contributed by atoms with Crippen molar-refractivity contribution in [1.82, 2.24) is 10.6 Å². The van der Waals surface area contributed by atoms with Crippen LogP contribution in [0.3, 0.4) is 0 Å². The molecule has 0 fully saturated rings. The van der Waals surface area contributed by atoms with E-state index in [4.69, 9.17) is 9.47 Å². The Hall–Kier alpha value is -2.89. The number of benzene rings is 2. The molecule has 2 rings (SSSR count). The fourth-order valence-corrected chi connectivity index (χ4v) is 2.63. The number of methoxy groups -OCH3 is 1. The van der Waals surface area contributed by atoms with Crippen molar-refractivity contribution in [2.75, 3.05) is 14.2 Å². The number of aliphatic imine (C=N–C) groups is 1. The second-order valence-electron chi connectivity index (χ2n) is 6.72. The third-order valence-electron chi connectivity index (χ3n) is 4.53. The summed E-state index contributed by atoms with van der Waals surface area (Å²) >= 11 is 0. The molecule has 0 aliphatic heterocycles. The third kappa shape index (κ3) is 6.08. The van der Waals surface area contributed by atoms with Crippen LogP contribution in [0, 0.1) is 6.92 Å². The summed E-state index contributed by atoms with van der Waals surface area (Å²) in [5.41, 5.74) is 2.97. The Kier molecular flexibility index (Phi) is 7.99. The lowest BCUT2D eigenvalue weighted by atomic mass is 10.1. The highest BCUT2D eigenvalue weighted by Gasteiger charge is 2.09. The van der Waals surface area contributed by atoms with Crippen molar-refractivity contribution in [2.24, 2.45) is 4.99 Å². The van der Waals surface area contributed by atoms with Gasteiger partial charge in [0, 0.05) is 31.3 Å². The lowest BCUT2D eigenvalue weighted by Crippen LogP contribution is -2.36. The second-order valence-corrected chi connectivity index (χ2v) is 6.72. The van der Waals surface area contributed by atoms with Crippen LogP contribution >= 0.6 is 0 Å². The molecule has 1 unspecified atom stereocenters. The van der Waals surface area contributed by atoms with Crippen LogP contribution in [0.4, 0.5) is 0 Å². The van der Waals surface area contributed by atoms with Gasteiger partial charge in [0.1, 0.15) is 17.2 Å². The van der Waals surface area contributed by atoms with E-state index in [1.54, 1.807) is 32.4 Å². The van der Waals surface area contributed by atoms with Crippen LogP contribution in [0.2, 0.25) is 0 Å². The largest absolute Gasteiger partial charge is 0.508 e. The molecule has 3 N–H and O–H groups in total. The molecule has 2 aromatic carbocycles. The molecule has 152 valence electrons. The Morgan fingerprint density at radius 1 is 1.11 bits per heavy atom.